The molecule has 0 aliphatic carbocycles. The topological polar surface area (TPSA) is 80.6 Å². The zero-order chi connectivity index (χ0) is 13.0. The summed E-state index contributed by atoms with van der Waals surface area (Å²) in [5.74, 6) is -0.334. The molecule has 5 nitrogen and oxygen atoms in total. The van der Waals surface area contributed by atoms with Crippen LogP contribution in [0.3, 0.4) is 0 Å². The number of furan rings is 1. The van der Waals surface area contributed by atoms with Crippen molar-refractivity contribution < 1.29 is 18.7 Å². The van der Waals surface area contributed by atoms with Gasteiger partial charge in [0.1, 0.15) is 11.5 Å². The Morgan fingerprint density at radius 1 is 1.39 bits per heavy atom. The third kappa shape index (κ3) is 3.21. The van der Waals surface area contributed by atoms with Crippen LogP contribution in [0.2, 0.25) is 0 Å². The van der Waals surface area contributed by atoms with Crippen LogP contribution in [0.4, 0.5) is 0 Å². The third-order valence-electron chi connectivity index (χ3n) is 2.16. The summed E-state index contributed by atoms with van der Waals surface area (Å²) in [5.41, 5.74) is 0.0809. The minimum Gasteiger partial charge on any atom is -0.508 e. The second kappa shape index (κ2) is 5.18. The van der Waals surface area contributed by atoms with E-state index < -0.39 is 5.63 Å². The molecular formula is C13H10O5. The molecule has 0 unspecified atom stereocenters. The van der Waals surface area contributed by atoms with Gasteiger partial charge in [-0.1, -0.05) is 0 Å². The highest BCUT2D eigenvalue weighted by Gasteiger charge is 2.05. The van der Waals surface area contributed by atoms with Gasteiger partial charge in [0.2, 0.25) is 0 Å². The van der Waals surface area contributed by atoms with Crippen molar-refractivity contribution in [3.05, 3.63) is 58.5 Å². The fourth-order valence-electron chi connectivity index (χ4n) is 1.39. The van der Waals surface area contributed by atoms with Gasteiger partial charge in [0.25, 0.3) is 0 Å². The van der Waals surface area contributed by atoms with Gasteiger partial charge in [0.05, 0.1) is 25.0 Å². The van der Waals surface area contributed by atoms with Crippen LogP contribution >= 0.6 is 0 Å². The number of allylic oxidation sites excluding steroid dienone is 1. The van der Waals surface area contributed by atoms with Crippen molar-refractivity contribution in [3.63, 3.8) is 0 Å². The Morgan fingerprint density at radius 2 is 2.22 bits per heavy atom. The summed E-state index contributed by atoms with van der Waals surface area (Å²) < 4.78 is 9.62. The average Bonchev–Trinajstić information content (AvgIpc) is 2.77. The van der Waals surface area contributed by atoms with E-state index >= 15 is 0 Å². The molecule has 0 fully saturated rings. The molecule has 0 spiro atoms. The minimum absolute atomic E-state index is 0.0853. The molecule has 1 N–H and O–H groups in total. The number of hydrogen-bond donors (Lipinski definition) is 1. The van der Waals surface area contributed by atoms with Gasteiger partial charge >= 0.3 is 5.63 Å². The largest absolute Gasteiger partial charge is 0.508 e. The molecule has 0 aliphatic rings. The number of hydrogen-bond acceptors (Lipinski definition) is 5. The first-order valence-electron chi connectivity index (χ1n) is 5.19. The summed E-state index contributed by atoms with van der Waals surface area (Å²) >= 11 is 0. The van der Waals surface area contributed by atoms with Gasteiger partial charge in [0.15, 0.2) is 5.78 Å². The molecule has 0 saturated heterocycles. The maximum absolute atomic E-state index is 11.6. The normalized spacial score (nSPS) is 10.9. The Kier molecular flexibility index (Phi) is 3.43. The zero-order valence-electron chi connectivity index (χ0n) is 9.33. The van der Waals surface area contributed by atoms with Gasteiger partial charge < -0.3 is 13.9 Å². The number of aromatic hydroxyl groups is 1. The van der Waals surface area contributed by atoms with Crippen molar-refractivity contribution in [1.82, 2.24) is 0 Å². The lowest BCUT2D eigenvalue weighted by Crippen LogP contribution is -2.03. The van der Waals surface area contributed by atoms with Crippen molar-refractivity contribution in [3.8, 4) is 5.75 Å². The predicted molar refractivity (Wildman–Crippen MR) is 63.1 cm³/mol. The van der Waals surface area contributed by atoms with Crippen molar-refractivity contribution in [2.75, 3.05) is 0 Å². The second-order valence-corrected chi connectivity index (χ2v) is 3.63. The van der Waals surface area contributed by atoms with E-state index in [1.165, 1.54) is 24.7 Å². The van der Waals surface area contributed by atoms with Crippen LogP contribution in [-0.4, -0.2) is 10.9 Å². The fourth-order valence-corrected chi connectivity index (χ4v) is 1.39. The number of carbonyl (C=O) groups is 1. The van der Waals surface area contributed by atoms with Gasteiger partial charge in [-0.05, 0) is 18.2 Å². The molecule has 2 rings (SSSR count). The number of rotatable bonds is 4. The first-order valence-corrected chi connectivity index (χ1v) is 5.19. The van der Waals surface area contributed by atoms with E-state index in [-0.39, 0.29) is 23.7 Å². The molecule has 2 heterocycles. The SMILES string of the molecule is O=C(/C=C/c1ccoc1)Cc1cc(O)cc(=O)o1. The van der Waals surface area contributed by atoms with Gasteiger partial charge in [-0.3, -0.25) is 4.79 Å². The maximum Gasteiger partial charge on any atom is 0.339 e. The van der Waals surface area contributed by atoms with Crippen LogP contribution < -0.4 is 5.63 Å². The first-order chi connectivity index (χ1) is 8.63. The third-order valence-corrected chi connectivity index (χ3v) is 2.16. The standard InChI is InChI=1S/C13H10O5/c14-10(2-1-9-3-4-17-8-9)5-12-6-11(15)7-13(16)18-12/h1-4,6-8,15H,5H2/b2-1+. The van der Waals surface area contributed by atoms with E-state index in [0.717, 1.165) is 11.6 Å². The van der Waals surface area contributed by atoms with Crippen molar-refractivity contribution in [2.45, 2.75) is 6.42 Å². The summed E-state index contributed by atoms with van der Waals surface area (Å²) in [4.78, 5) is 22.5. The summed E-state index contributed by atoms with van der Waals surface area (Å²) in [6.45, 7) is 0. The molecule has 0 aromatic carbocycles. The van der Waals surface area contributed by atoms with E-state index in [4.69, 9.17) is 8.83 Å². The lowest BCUT2D eigenvalue weighted by atomic mass is 10.2. The monoisotopic (exact) mass is 246 g/mol. The van der Waals surface area contributed by atoms with Crippen LogP contribution in [0.5, 0.6) is 5.75 Å². The van der Waals surface area contributed by atoms with Crippen molar-refractivity contribution in [2.24, 2.45) is 0 Å². The Hall–Kier alpha value is -2.56. The van der Waals surface area contributed by atoms with Gasteiger partial charge in [0, 0.05) is 11.6 Å². The Morgan fingerprint density at radius 3 is 2.89 bits per heavy atom. The fraction of sp³-hybridized carbons (Fsp3) is 0.0769. The molecule has 0 aliphatic heterocycles. The van der Waals surface area contributed by atoms with E-state index in [2.05, 4.69) is 0 Å². The average molecular weight is 246 g/mol. The Balaban J connectivity index is 2.05. The zero-order valence-corrected chi connectivity index (χ0v) is 9.33. The van der Waals surface area contributed by atoms with Crippen LogP contribution in [0.1, 0.15) is 11.3 Å². The van der Waals surface area contributed by atoms with Gasteiger partial charge in [-0.15, -0.1) is 0 Å². The Labute approximate surface area is 102 Å². The highest BCUT2D eigenvalue weighted by Crippen LogP contribution is 2.09. The van der Waals surface area contributed by atoms with Crippen LogP contribution in [0.25, 0.3) is 6.08 Å². The predicted octanol–water partition coefficient (Wildman–Crippen LogP) is 1.76. The van der Waals surface area contributed by atoms with E-state index in [1.54, 1.807) is 12.1 Å². The first kappa shape index (κ1) is 11.9. The molecule has 0 radical (unpaired) electrons. The molecule has 0 atom stereocenters. The highest BCUT2D eigenvalue weighted by molar-refractivity contribution is 5.94. The molecular weight excluding hydrogens is 236 g/mol. The van der Waals surface area contributed by atoms with Crippen LogP contribution in [0, 0.1) is 0 Å². The lowest BCUT2D eigenvalue weighted by Gasteiger charge is -1.96. The van der Waals surface area contributed by atoms with E-state index in [9.17, 15) is 14.7 Å². The summed E-state index contributed by atoms with van der Waals surface area (Å²) in [7, 11) is 0. The Bertz CT molecular complexity index is 619. The highest BCUT2D eigenvalue weighted by atomic mass is 16.4. The maximum atomic E-state index is 11.6. The molecule has 18 heavy (non-hydrogen) atoms. The second-order valence-electron chi connectivity index (χ2n) is 3.63. The van der Waals surface area contributed by atoms with Gasteiger partial charge in [-0.2, -0.15) is 0 Å². The molecule has 0 saturated carbocycles. The summed E-state index contributed by atoms with van der Waals surface area (Å²) in [6.07, 6.45) is 5.86. The summed E-state index contributed by atoms with van der Waals surface area (Å²) in [6, 6.07) is 3.89. The van der Waals surface area contributed by atoms with Crippen LogP contribution in [-0.2, 0) is 11.2 Å². The van der Waals surface area contributed by atoms with Crippen LogP contribution in [0.15, 0.2) is 50.4 Å². The molecule has 92 valence electrons. The number of ketones is 1. The molecule has 0 bridgehead atoms. The molecule has 0 amide bonds. The smallest absolute Gasteiger partial charge is 0.339 e. The molecule has 2 aromatic heterocycles. The molecule has 5 heteroatoms. The quantitative estimate of drug-likeness (QED) is 0.831. The lowest BCUT2D eigenvalue weighted by molar-refractivity contribution is -0.114. The van der Waals surface area contributed by atoms with Crippen molar-refractivity contribution in [1.29, 1.82) is 0 Å². The number of carbonyl (C=O) groups excluding carboxylic acids is 1. The minimum atomic E-state index is -0.684. The summed E-state index contributed by atoms with van der Waals surface area (Å²) in [5, 5.41) is 9.19. The molecule has 2 aromatic rings. The van der Waals surface area contributed by atoms with Gasteiger partial charge in [-0.25, -0.2) is 4.79 Å². The van der Waals surface area contributed by atoms with E-state index in [0.29, 0.717) is 0 Å². The van der Waals surface area contributed by atoms with Crippen molar-refractivity contribution >= 4 is 11.9 Å². The van der Waals surface area contributed by atoms with E-state index in [1.807, 2.05) is 0 Å².